The van der Waals surface area contributed by atoms with Crippen LogP contribution in [0, 0.1) is 0 Å². The van der Waals surface area contributed by atoms with Gasteiger partial charge in [-0.2, -0.15) is 5.10 Å². The lowest BCUT2D eigenvalue weighted by molar-refractivity contribution is 0.760. The maximum Gasteiger partial charge on any atom is 0.151 e. The third-order valence-corrected chi connectivity index (χ3v) is 2.97. The fraction of sp³-hybridized carbons (Fsp3) is 0.0714. The lowest BCUT2D eigenvalue weighted by Crippen LogP contribution is -2.03. The van der Waals surface area contributed by atoms with Crippen LogP contribution in [0.4, 0.5) is 0 Å². The minimum atomic E-state index is 0.401. The maximum absolute atomic E-state index is 5.73. The number of benzene rings is 1. The summed E-state index contributed by atoms with van der Waals surface area (Å²) in [4.78, 5) is 4.39. The number of imidazole rings is 1. The van der Waals surface area contributed by atoms with E-state index in [2.05, 4.69) is 15.2 Å². The Labute approximate surface area is 115 Å². The Morgan fingerprint density at radius 2 is 1.84 bits per heavy atom. The highest BCUT2D eigenvalue weighted by Gasteiger charge is 2.06. The first-order chi connectivity index (χ1) is 9.33. The molecule has 2 aromatic heterocycles. The van der Waals surface area contributed by atoms with E-state index in [-0.39, 0.29) is 0 Å². The second kappa shape index (κ2) is 5.20. The van der Waals surface area contributed by atoms with Crippen molar-refractivity contribution in [3.8, 4) is 11.4 Å². The molecule has 0 aliphatic carbocycles. The summed E-state index contributed by atoms with van der Waals surface area (Å²) in [6.07, 6.45) is 3.71. The van der Waals surface area contributed by atoms with Gasteiger partial charge >= 0.3 is 0 Å². The lowest BCUT2D eigenvalue weighted by atomic mass is 10.2. The van der Waals surface area contributed by atoms with E-state index in [9.17, 15) is 0 Å². The second-order valence-electron chi connectivity index (χ2n) is 4.09. The zero-order valence-corrected chi connectivity index (χ0v) is 10.8. The van der Waals surface area contributed by atoms with E-state index in [4.69, 9.17) is 11.6 Å². The minimum Gasteiger partial charge on any atom is -0.325 e. The third-order valence-electron chi connectivity index (χ3n) is 2.77. The highest BCUT2D eigenvalue weighted by atomic mass is 35.5. The van der Waals surface area contributed by atoms with Crippen molar-refractivity contribution in [1.82, 2.24) is 19.7 Å². The quantitative estimate of drug-likeness (QED) is 0.735. The molecule has 1 aromatic carbocycles. The van der Waals surface area contributed by atoms with Gasteiger partial charge in [0.2, 0.25) is 0 Å². The summed E-state index contributed by atoms with van der Waals surface area (Å²) in [6.45, 7) is 0.619. The number of hydrogen-bond donors (Lipinski definition) is 0. The Hall–Kier alpha value is -2.20. The minimum absolute atomic E-state index is 0.401. The summed E-state index contributed by atoms with van der Waals surface area (Å²) in [5, 5.41) is 8.30. The van der Waals surface area contributed by atoms with Gasteiger partial charge in [0.15, 0.2) is 5.15 Å². The molecule has 2 heterocycles. The molecule has 0 spiro atoms. The Balaban J connectivity index is 1.91. The molecule has 94 valence electrons. The van der Waals surface area contributed by atoms with Crippen LogP contribution in [0.25, 0.3) is 11.4 Å². The van der Waals surface area contributed by atoms with Crippen LogP contribution in [0.5, 0.6) is 0 Å². The molecule has 0 fully saturated rings. The van der Waals surface area contributed by atoms with E-state index in [1.807, 2.05) is 47.2 Å². The summed E-state index contributed by atoms with van der Waals surface area (Å²) < 4.78 is 2.03. The monoisotopic (exact) mass is 270 g/mol. The van der Waals surface area contributed by atoms with Crippen LogP contribution in [0.3, 0.4) is 0 Å². The van der Waals surface area contributed by atoms with E-state index in [0.717, 1.165) is 17.1 Å². The molecule has 3 rings (SSSR count). The van der Waals surface area contributed by atoms with Gasteiger partial charge in [-0.15, -0.1) is 5.10 Å². The maximum atomic E-state index is 5.73. The molecule has 0 radical (unpaired) electrons. The molecule has 4 nitrogen and oxygen atoms in total. The van der Waals surface area contributed by atoms with E-state index in [1.54, 1.807) is 12.3 Å². The van der Waals surface area contributed by atoms with Gasteiger partial charge in [-0.05, 0) is 12.1 Å². The fourth-order valence-corrected chi connectivity index (χ4v) is 1.99. The highest BCUT2D eigenvalue weighted by molar-refractivity contribution is 6.29. The predicted molar refractivity (Wildman–Crippen MR) is 73.8 cm³/mol. The van der Waals surface area contributed by atoms with Gasteiger partial charge < -0.3 is 4.57 Å². The van der Waals surface area contributed by atoms with E-state index in [0.29, 0.717) is 11.7 Å². The number of rotatable bonds is 3. The van der Waals surface area contributed by atoms with E-state index >= 15 is 0 Å². The number of hydrogen-bond acceptors (Lipinski definition) is 3. The standard InChI is InChI=1S/C14H11ClN4/c15-13-7-6-12(17-18-13)10-19-9-8-16-14(19)11-4-2-1-3-5-11/h1-9H,10H2. The normalized spacial score (nSPS) is 10.6. The first-order valence-corrected chi connectivity index (χ1v) is 6.25. The summed E-state index contributed by atoms with van der Waals surface area (Å²) in [6, 6.07) is 13.7. The number of aromatic nitrogens is 4. The van der Waals surface area contributed by atoms with Crippen molar-refractivity contribution < 1.29 is 0 Å². The molecule has 5 heteroatoms. The van der Waals surface area contributed by atoms with Crippen molar-refractivity contribution in [3.05, 3.63) is 65.7 Å². The van der Waals surface area contributed by atoms with E-state index < -0.39 is 0 Å². The topological polar surface area (TPSA) is 43.6 Å². The van der Waals surface area contributed by atoms with Crippen LogP contribution in [0.1, 0.15) is 5.69 Å². The van der Waals surface area contributed by atoms with Crippen molar-refractivity contribution in [2.75, 3.05) is 0 Å². The van der Waals surface area contributed by atoms with E-state index in [1.165, 1.54) is 0 Å². The SMILES string of the molecule is Clc1ccc(Cn2ccnc2-c2ccccc2)nn1. The summed E-state index contributed by atoms with van der Waals surface area (Å²) in [5.41, 5.74) is 1.93. The van der Waals surface area contributed by atoms with Gasteiger partial charge in [0.25, 0.3) is 0 Å². The fourth-order valence-electron chi connectivity index (χ4n) is 1.89. The van der Waals surface area contributed by atoms with Crippen LogP contribution < -0.4 is 0 Å². The van der Waals surface area contributed by atoms with Crippen molar-refractivity contribution in [1.29, 1.82) is 0 Å². The molecule has 0 unspecified atom stereocenters. The van der Waals surface area contributed by atoms with Gasteiger partial charge in [-0.3, -0.25) is 0 Å². The molecule has 19 heavy (non-hydrogen) atoms. The van der Waals surface area contributed by atoms with Crippen LogP contribution in [0.15, 0.2) is 54.9 Å². The molecule has 0 N–H and O–H groups in total. The van der Waals surface area contributed by atoms with Gasteiger partial charge in [0, 0.05) is 18.0 Å². The van der Waals surface area contributed by atoms with Gasteiger partial charge in [-0.1, -0.05) is 41.9 Å². The molecule has 0 bridgehead atoms. The van der Waals surface area contributed by atoms with Crippen molar-refractivity contribution in [2.45, 2.75) is 6.54 Å². The lowest BCUT2D eigenvalue weighted by Gasteiger charge is -2.07. The van der Waals surface area contributed by atoms with Crippen molar-refractivity contribution in [3.63, 3.8) is 0 Å². The molecule has 3 aromatic rings. The molecule has 0 amide bonds. The first kappa shape index (κ1) is 11.9. The Kier molecular flexibility index (Phi) is 3.25. The molecule has 0 aliphatic heterocycles. The number of halogens is 1. The number of nitrogens with zero attached hydrogens (tertiary/aromatic N) is 4. The van der Waals surface area contributed by atoms with Gasteiger partial charge in [-0.25, -0.2) is 4.98 Å². The Bertz CT molecular complexity index is 661. The average molecular weight is 271 g/mol. The van der Waals surface area contributed by atoms with Gasteiger partial charge in [0.05, 0.1) is 12.2 Å². The molecular weight excluding hydrogens is 260 g/mol. The van der Waals surface area contributed by atoms with Gasteiger partial charge in [0.1, 0.15) is 5.82 Å². The molecule has 0 atom stereocenters. The molecule has 0 aliphatic rings. The largest absolute Gasteiger partial charge is 0.325 e. The zero-order chi connectivity index (χ0) is 13.1. The molecule has 0 saturated heterocycles. The zero-order valence-electron chi connectivity index (χ0n) is 10.1. The van der Waals surface area contributed by atoms with Crippen molar-refractivity contribution >= 4 is 11.6 Å². The smallest absolute Gasteiger partial charge is 0.151 e. The summed E-state index contributed by atoms with van der Waals surface area (Å²) in [7, 11) is 0. The summed E-state index contributed by atoms with van der Waals surface area (Å²) in [5.74, 6) is 0.914. The van der Waals surface area contributed by atoms with Crippen molar-refractivity contribution in [2.24, 2.45) is 0 Å². The highest BCUT2D eigenvalue weighted by Crippen LogP contribution is 2.17. The van der Waals surface area contributed by atoms with Crippen LogP contribution in [-0.2, 0) is 6.54 Å². The Morgan fingerprint density at radius 1 is 1.00 bits per heavy atom. The van der Waals surface area contributed by atoms with Crippen LogP contribution in [0.2, 0.25) is 5.15 Å². The summed E-state index contributed by atoms with van der Waals surface area (Å²) >= 11 is 5.73. The molecular formula is C14H11ClN4. The molecule has 0 saturated carbocycles. The average Bonchev–Trinajstić information content (AvgIpc) is 2.90. The Morgan fingerprint density at radius 3 is 2.58 bits per heavy atom. The first-order valence-electron chi connectivity index (χ1n) is 5.87. The van der Waals surface area contributed by atoms with Crippen LogP contribution in [-0.4, -0.2) is 19.7 Å². The second-order valence-corrected chi connectivity index (χ2v) is 4.48. The predicted octanol–water partition coefficient (Wildman–Crippen LogP) is 3.04. The van der Waals surface area contributed by atoms with Crippen LogP contribution >= 0.6 is 11.6 Å². The third kappa shape index (κ3) is 2.63.